The summed E-state index contributed by atoms with van der Waals surface area (Å²) in [4.78, 5) is 12.5. The molecule has 1 heterocycles. The number of amides is 1. The van der Waals surface area contributed by atoms with Crippen molar-refractivity contribution in [2.45, 2.75) is 6.61 Å². The largest absolute Gasteiger partial charge is 0.493 e. The molecular weight excluding hydrogens is 693 g/mol. The summed E-state index contributed by atoms with van der Waals surface area (Å²) in [6, 6.07) is 18.4. The summed E-state index contributed by atoms with van der Waals surface area (Å²) in [7, 11) is 1.54. The molecular formula is C25H16Br2IN3O4. The summed E-state index contributed by atoms with van der Waals surface area (Å²) in [5.74, 6) is 0.732. The van der Waals surface area contributed by atoms with Crippen LogP contribution in [-0.2, 0) is 6.61 Å². The van der Waals surface area contributed by atoms with E-state index in [4.69, 9.17) is 13.9 Å². The molecule has 10 heteroatoms. The monoisotopic (exact) mass is 707 g/mol. The van der Waals surface area contributed by atoms with E-state index >= 15 is 0 Å². The van der Waals surface area contributed by atoms with Crippen LogP contribution in [0.2, 0.25) is 0 Å². The van der Waals surface area contributed by atoms with Crippen LogP contribution in [0, 0.1) is 14.9 Å². The van der Waals surface area contributed by atoms with E-state index in [2.05, 4.69) is 71.0 Å². The molecule has 35 heavy (non-hydrogen) atoms. The molecule has 0 spiro atoms. The number of nitriles is 1. The summed E-state index contributed by atoms with van der Waals surface area (Å²) < 4.78 is 19.5. The van der Waals surface area contributed by atoms with E-state index in [9.17, 15) is 10.1 Å². The predicted molar refractivity (Wildman–Crippen MR) is 148 cm³/mol. The van der Waals surface area contributed by atoms with Crippen molar-refractivity contribution in [3.63, 3.8) is 0 Å². The number of ether oxygens (including phenoxy) is 2. The minimum atomic E-state index is -0.474. The molecule has 4 aromatic rings. The molecule has 1 N–H and O–H groups in total. The molecule has 1 amide bonds. The zero-order valence-electron chi connectivity index (χ0n) is 18.1. The van der Waals surface area contributed by atoms with Gasteiger partial charge in [-0.25, -0.2) is 5.43 Å². The fraction of sp³-hybridized carbons (Fsp3) is 0.0800. The first-order valence-corrected chi connectivity index (χ1v) is 12.8. The van der Waals surface area contributed by atoms with Crippen LogP contribution in [0.3, 0.4) is 0 Å². The Kier molecular flexibility index (Phi) is 8.10. The lowest BCUT2D eigenvalue weighted by Gasteiger charge is -2.14. The van der Waals surface area contributed by atoms with Gasteiger partial charge in [-0.05, 0) is 80.5 Å². The Morgan fingerprint density at radius 1 is 1.23 bits per heavy atom. The van der Waals surface area contributed by atoms with Gasteiger partial charge in [-0.1, -0.05) is 34.1 Å². The lowest BCUT2D eigenvalue weighted by Crippen LogP contribution is -2.16. The predicted octanol–water partition coefficient (Wildman–Crippen LogP) is 6.79. The zero-order chi connectivity index (χ0) is 24.9. The molecule has 0 fully saturated rings. The van der Waals surface area contributed by atoms with Crippen LogP contribution in [0.5, 0.6) is 11.5 Å². The van der Waals surface area contributed by atoms with Gasteiger partial charge in [-0.3, -0.25) is 4.79 Å². The number of carbonyl (C=O) groups excluding carboxylic acids is 1. The standard InChI is InChI=1S/C25H16Br2IN3O4/c1-33-21-7-14(6-20(28)24(21)34-13-16-5-3-2-4-15(16)11-29)12-30-31-25(32)22-9-17-8-18(26)10-19(27)23(17)35-22/h2-10,12H,13H2,1H3,(H,31,32)/b30-12-. The topological polar surface area (TPSA) is 96.8 Å². The van der Waals surface area contributed by atoms with Gasteiger partial charge in [0.15, 0.2) is 17.3 Å². The van der Waals surface area contributed by atoms with Gasteiger partial charge < -0.3 is 13.9 Å². The number of rotatable bonds is 7. The number of hydrogen-bond acceptors (Lipinski definition) is 6. The van der Waals surface area contributed by atoms with Crippen molar-refractivity contribution < 1.29 is 18.7 Å². The third-order valence-electron chi connectivity index (χ3n) is 4.90. The first-order chi connectivity index (χ1) is 16.9. The summed E-state index contributed by atoms with van der Waals surface area (Å²) >= 11 is 8.99. The van der Waals surface area contributed by atoms with Gasteiger partial charge in [-0.15, -0.1) is 0 Å². The third-order valence-corrected chi connectivity index (χ3v) is 6.75. The van der Waals surface area contributed by atoms with Crippen LogP contribution in [0.4, 0.5) is 0 Å². The van der Waals surface area contributed by atoms with Crippen LogP contribution in [0.25, 0.3) is 11.0 Å². The van der Waals surface area contributed by atoms with Gasteiger partial charge in [-0.2, -0.15) is 10.4 Å². The summed E-state index contributed by atoms with van der Waals surface area (Å²) in [5.41, 5.74) is 5.10. The van der Waals surface area contributed by atoms with Gasteiger partial charge in [0.1, 0.15) is 12.2 Å². The van der Waals surface area contributed by atoms with Crippen molar-refractivity contribution in [1.29, 1.82) is 5.26 Å². The van der Waals surface area contributed by atoms with E-state index in [1.54, 1.807) is 25.3 Å². The van der Waals surface area contributed by atoms with Gasteiger partial charge in [0.05, 0.1) is 33.0 Å². The zero-order valence-corrected chi connectivity index (χ0v) is 23.5. The molecule has 0 radical (unpaired) electrons. The molecule has 1 aromatic heterocycles. The van der Waals surface area contributed by atoms with Crippen LogP contribution in [-0.4, -0.2) is 19.2 Å². The maximum absolute atomic E-state index is 12.5. The van der Waals surface area contributed by atoms with Crippen LogP contribution in [0.15, 0.2) is 73.1 Å². The van der Waals surface area contributed by atoms with Crippen molar-refractivity contribution in [3.05, 3.63) is 89.6 Å². The van der Waals surface area contributed by atoms with E-state index in [-0.39, 0.29) is 12.4 Å². The van der Waals surface area contributed by atoms with Gasteiger partial charge in [0, 0.05) is 15.4 Å². The summed E-state index contributed by atoms with van der Waals surface area (Å²) in [6.45, 7) is 0.226. The van der Waals surface area contributed by atoms with Crippen molar-refractivity contribution in [2.75, 3.05) is 7.11 Å². The second-order valence-corrected chi connectivity index (χ2v) is 10.1. The SMILES string of the molecule is COc1cc(/C=N\NC(=O)c2cc3cc(Br)cc(Br)c3o2)cc(I)c1OCc1ccccc1C#N. The summed E-state index contributed by atoms with van der Waals surface area (Å²) in [6.07, 6.45) is 1.51. The molecule has 0 aliphatic carbocycles. The van der Waals surface area contributed by atoms with Crippen molar-refractivity contribution in [2.24, 2.45) is 5.10 Å². The van der Waals surface area contributed by atoms with Crippen molar-refractivity contribution >= 4 is 77.5 Å². The smallest absolute Gasteiger partial charge is 0.307 e. The van der Waals surface area contributed by atoms with Gasteiger partial charge in [0.2, 0.25) is 0 Å². The average Bonchev–Trinajstić information content (AvgIpc) is 3.28. The number of fused-ring (bicyclic) bond motifs is 1. The number of furan rings is 1. The molecule has 0 aliphatic heterocycles. The Bertz CT molecular complexity index is 1490. The average molecular weight is 709 g/mol. The lowest BCUT2D eigenvalue weighted by molar-refractivity contribution is 0.0929. The van der Waals surface area contributed by atoms with E-state index < -0.39 is 5.91 Å². The Morgan fingerprint density at radius 3 is 2.80 bits per heavy atom. The van der Waals surface area contributed by atoms with Gasteiger partial charge >= 0.3 is 5.91 Å². The summed E-state index contributed by atoms with van der Waals surface area (Å²) in [5, 5.41) is 14.1. The van der Waals surface area contributed by atoms with Crippen LogP contribution in [0.1, 0.15) is 27.2 Å². The molecule has 176 valence electrons. The molecule has 0 bridgehead atoms. The van der Waals surface area contributed by atoms with E-state index in [1.807, 2.05) is 36.4 Å². The number of benzene rings is 3. The van der Waals surface area contributed by atoms with E-state index in [0.29, 0.717) is 28.2 Å². The molecule has 7 nitrogen and oxygen atoms in total. The maximum Gasteiger partial charge on any atom is 0.307 e. The van der Waals surface area contributed by atoms with Crippen LogP contribution >= 0.6 is 54.5 Å². The number of hydrazone groups is 1. The van der Waals surface area contributed by atoms with E-state index in [0.717, 1.165) is 23.5 Å². The minimum Gasteiger partial charge on any atom is -0.493 e. The fourth-order valence-electron chi connectivity index (χ4n) is 3.27. The number of halogens is 3. The number of hydrogen-bond donors (Lipinski definition) is 1. The Labute approximate surface area is 231 Å². The normalized spacial score (nSPS) is 10.9. The minimum absolute atomic E-state index is 0.143. The number of carbonyl (C=O) groups is 1. The highest BCUT2D eigenvalue weighted by Crippen LogP contribution is 2.34. The molecule has 0 unspecified atom stereocenters. The third kappa shape index (κ3) is 5.86. The van der Waals surface area contributed by atoms with E-state index in [1.165, 1.54) is 6.21 Å². The molecule has 0 atom stereocenters. The Morgan fingerprint density at radius 2 is 2.03 bits per heavy atom. The van der Waals surface area contributed by atoms with Crippen molar-refractivity contribution in [1.82, 2.24) is 5.43 Å². The highest BCUT2D eigenvalue weighted by atomic mass is 127. The number of methoxy groups -OCH3 is 1. The van der Waals surface area contributed by atoms with Gasteiger partial charge in [0.25, 0.3) is 0 Å². The Hall–Kier alpha value is -2.88. The molecule has 4 rings (SSSR count). The molecule has 3 aromatic carbocycles. The Balaban J connectivity index is 1.47. The quantitative estimate of drug-likeness (QED) is 0.130. The lowest BCUT2D eigenvalue weighted by atomic mass is 10.1. The second-order valence-electron chi connectivity index (χ2n) is 7.21. The first-order valence-electron chi connectivity index (χ1n) is 10.1. The highest BCUT2D eigenvalue weighted by Gasteiger charge is 2.15. The maximum atomic E-state index is 12.5. The number of nitrogens with zero attached hydrogens (tertiary/aromatic N) is 2. The van der Waals surface area contributed by atoms with Crippen LogP contribution < -0.4 is 14.9 Å². The fourth-order valence-corrected chi connectivity index (χ4v) is 5.39. The second kappa shape index (κ2) is 11.2. The first kappa shape index (κ1) is 25.2. The highest BCUT2D eigenvalue weighted by molar-refractivity contribution is 14.1. The molecule has 0 saturated heterocycles. The molecule has 0 aliphatic rings. The van der Waals surface area contributed by atoms with Crippen molar-refractivity contribution in [3.8, 4) is 17.6 Å². The number of nitrogens with one attached hydrogen (secondary N) is 1. The molecule has 0 saturated carbocycles.